The number of urea groups is 1. The fourth-order valence-corrected chi connectivity index (χ4v) is 1.91. The molecular formula is C16H16F2N2O. The Morgan fingerprint density at radius 2 is 1.95 bits per heavy atom. The molecule has 0 aromatic heterocycles. The Hall–Kier alpha value is -2.43. The van der Waals surface area contributed by atoms with Crippen LogP contribution in [-0.2, 0) is 6.54 Å². The van der Waals surface area contributed by atoms with E-state index in [1.165, 1.54) is 29.2 Å². The summed E-state index contributed by atoms with van der Waals surface area (Å²) in [6, 6.07) is 10.1. The number of hydrogen-bond acceptors (Lipinski definition) is 1. The van der Waals surface area contributed by atoms with Crippen molar-refractivity contribution in [2.45, 2.75) is 13.5 Å². The monoisotopic (exact) mass is 290 g/mol. The van der Waals surface area contributed by atoms with Gasteiger partial charge in [0.1, 0.15) is 11.6 Å². The number of halogens is 2. The Labute approximate surface area is 122 Å². The van der Waals surface area contributed by atoms with E-state index in [-0.39, 0.29) is 18.0 Å². The zero-order chi connectivity index (χ0) is 15.4. The number of rotatable bonds is 3. The largest absolute Gasteiger partial charge is 0.323 e. The molecule has 0 heterocycles. The lowest BCUT2D eigenvalue weighted by molar-refractivity contribution is 0.220. The van der Waals surface area contributed by atoms with Gasteiger partial charge < -0.3 is 10.2 Å². The van der Waals surface area contributed by atoms with Crippen molar-refractivity contribution < 1.29 is 13.6 Å². The van der Waals surface area contributed by atoms with Crippen molar-refractivity contribution in [1.29, 1.82) is 0 Å². The van der Waals surface area contributed by atoms with Gasteiger partial charge in [0.2, 0.25) is 0 Å². The summed E-state index contributed by atoms with van der Waals surface area (Å²) in [5.74, 6) is -0.839. The second kappa shape index (κ2) is 6.35. The molecule has 2 aromatic rings. The molecule has 3 nitrogen and oxygen atoms in total. The van der Waals surface area contributed by atoms with Crippen LogP contribution < -0.4 is 5.32 Å². The number of hydrogen-bond donors (Lipinski definition) is 1. The molecule has 2 amide bonds. The van der Waals surface area contributed by atoms with Crippen molar-refractivity contribution in [3.05, 3.63) is 65.2 Å². The first kappa shape index (κ1) is 15.0. The van der Waals surface area contributed by atoms with Crippen LogP contribution in [0.4, 0.5) is 19.3 Å². The highest BCUT2D eigenvalue weighted by atomic mass is 19.1. The first-order valence-electron chi connectivity index (χ1n) is 6.48. The zero-order valence-electron chi connectivity index (χ0n) is 11.9. The minimum Gasteiger partial charge on any atom is -0.323 e. The Bertz CT molecular complexity index is 658. The van der Waals surface area contributed by atoms with Gasteiger partial charge in [-0.05, 0) is 42.3 Å². The molecule has 1 N–H and O–H groups in total. The van der Waals surface area contributed by atoms with Gasteiger partial charge in [-0.25, -0.2) is 13.6 Å². The maximum absolute atomic E-state index is 13.7. The number of nitrogens with zero attached hydrogens (tertiary/aromatic N) is 1. The molecule has 5 heteroatoms. The van der Waals surface area contributed by atoms with E-state index in [1.54, 1.807) is 32.2 Å². The van der Waals surface area contributed by atoms with Crippen LogP contribution >= 0.6 is 0 Å². The molecule has 0 radical (unpaired) electrons. The Morgan fingerprint density at radius 1 is 1.19 bits per heavy atom. The molecule has 110 valence electrons. The molecule has 0 saturated heterocycles. The molecule has 21 heavy (non-hydrogen) atoms. The van der Waals surface area contributed by atoms with Gasteiger partial charge in [0.25, 0.3) is 0 Å². The number of amides is 2. The second-order valence-electron chi connectivity index (χ2n) is 4.90. The molecule has 0 spiro atoms. The van der Waals surface area contributed by atoms with Crippen LogP contribution in [0, 0.1) is 18.6 Å². The summed E-state index contributed by atoms with van der Waals surface area (Å²) in [7, 11) is 1.56. The smallest absolute Gasteiger partial charge is 0.321 e. The number of aryl methyl sites for hydroxylation is 1. The van der Waals surface area contributed by atoms with E-state index < -0.39 is 11.8 Å². The molecule has 0 bridgehead atoms. The normalized spacial score (nSPS) is 10.3. The number of benzene rings is 2. The molecule has 2 aromatic carbocycles. The van der Waals surface area contributed by atoms with E-state index >= 15 is 0 Å². The van der Waals surface area contributed by atoms with Crippen LogP contribution in [0.5, 0.6) is 0 Å². The Balaban J connectivity index is 2.02. The van der Waals surface area contributed by atoms with Gasteiger partial charge in [-0.1, -0.05) is 18.2 Å². The van der Waals surface area contributed by atoms with Crippen molar-refractivity contribution in [1.82, 2.24) is 4.90 Å². The first-order valence-corrected chi connectivity index (χ1v) is 6.48. The van der Waals surface area contributed by atoms with Crippen LogP contribution in [0.15, 0.2) is 42.5 Å². The summed E-state index contributed by atoms with van der Waals surface area (Å²) in [6.45, 7) is 2.00. The van der Waals surface area contributed by atoms with E-state index in [4.69, 9.17) is 0 Å². The van der Waals surface area contributed by atoms with Gasteiger partial charge >= 0.3 is 6.03 Å². The van der Waals surface area contributed by atoms with E-state index in [2.05, 4.69) is 5.32 Å². The predicted molar refractivity (Wildman–Crippen MR) is 78.0 cm³/mol. The lowest BCUT2D eigenvalue weighted by Gasteiger charge is -2.18. The lowest BCUT2D eigenvalue weighted by Crippen LogP contribution is -2.31. The fraction of sp³-hybridized carbons (Fsp3) is 0.188. The first-order chi connectivity index (χ1) is 9.95. The minimum absolute atomic E-state index is 0.122. The van der Waals surface area contributed by atoms with Crippen molar-refractivity contribution in [2.24, 2.45) is 0 Å². The second-order valence-corrected chi connectivity index (χ2v) is 4.90. The molecule has 0 saturated carbocycles. The van der Waals surface area contributed by atoms with Crippen LogP contribution in [0.25, 0.3) is 0 Å². The molecule has 0 atom stereocenters. The van der Waals surface area contributed by atoms with Gasteiger partial charge in [0.15, 0.2) is 0 Å². The maximum Gasteiger partial charge on any atom is 0.321 e. The van der Waals surface area contributed by atoms with Crippen molar-refractivity contribution in [2.75, 3.05) is 12.4 Å². The maximum atomic E-state index is 13.7. The van der Waals surface area contributed by atoms with Gasteiger partial charge in [-0.3, -0.25) is 0 Å². The summed E-state index contributed by atoms with van der Waals surface area (Å²) in [5, 5.41) is 2.49. The Morgan fingerprint density at radius 3 is 2.62 bits per heavy atom. The number of carbonyl (C=O) groups excluding carboxylic acids is 1. The number of carbonyl (C=O) groups is 1. The topological polar surface area (TPSA) is 32.3 Å². The lowest BCUT2D eigenvalue weighted by atomic mass is 10.2. The van der Waals surface area contributed by atoms with Crippen LogP contribution in [0.2, 0.25) is 0 Å². The summed E-state index contributed by atoms with van der Waals surface area (Å²) >= 11 is 0. The number of anilines is 1. The molecule has 0 fully saturated rings. The predicted octanol–water partition coefficient (Wildman–Crippen LogP) is 3.94. The van der Waals surface area contributed by atoms with Crippen molar-refractivity contribution >= 4 is 11.7 Å². The Kier molecular flexibility index (Phi) is 4.52. The van der Waals surface area contributed by atoms with Crippen molar-refractivity contribution in [3.8, 4) is 0 Å². The average Bonchev–Trinajstić information content (AvgIpc) is 2.41. The molecule has 0 unspecified atom stereocenters. The van der Waals surface area contributed by atoms with E-state index in [1.807, 2.05) is 0 Å². The van der Waals surface area contributed by atoms with E-state index in [9.17, 15) is 13.6 Å². The number of nitrogens with one attached hydrogen (secondary N) is 1. The SMILES string of the molecule is Cc1ccc(NC(=O)N(C)Cc2cccc(F)c2)c(F)c1. The van der Waals surface area contributed by atoms with E-state index in [0.717, 1.165) is 5.56 Å². The van der Waals surface area contributed by atoms with Gasteiger partial charge in [0.05, 0.1) is 5.69 Å². The molecule has 0 aliphatic carbocycles. The quantitative estimate of drug-likeness (QED) is 0.912. The highest BCUT2D eigenvalue weighted by Gasteiger charge is 2.12. The average molecular weight is 290 g/mol. The third-order valence-corrected chi connectivity index (χ3v) is 3.02. The van der Waals surface area contributed by atoms with Crippen LogP contribution in [-0.4, -0.2) is 18.0 Å². The fourth-order valence-electron chi connectivity index (χ4n) is 1.91. The summed E-state index contributed by atoms with van der Waals surface area (Å²) < 4.78 is 26.8. The minimum atomic E-state index is -0.484. The summed E-state index contributed by atoms with van der Waals surface area (Å²) in [5.41, 5.74) is 1.56. The summed E-state index contributed by atoms with van der Waals surface area (Å²) in [6.07, 6.45) is 0. The molecule has 0 aliphatic heterocycles. The third-order valence-electron chi connectivity index (χ3n) is 3.02. The van der Waals surface area contributed by atoms with Gasteiger partial charge in [0, 0.05) is 13.6 Å². The van der Waals surface area contributed by atoms with Crippen molar-refractivity contribution in [3.63, 3.8) is 0 Å². The summed E-state index contributed by atoms with van der Waals surface area (Å²) in [4.78, 5) is 13.3. The molecule has 2 rings (SSSR count). The zero-order valence-corrected chi connectivity index (χ0v) is 11.9. The van der Waals surface area contributed by atoms with Gasteiger partial charge in [-0.2, -0.15) is 0 Å². The molecule has 0 aliphatic rings. The van der Waals surface area contributed by atoms with Crippen LogP contribution in [0.1, 0.15) is 11.1 Å². The van der Waals surface area contributed by atoms with Crippen LogP contribution in [0.3, 0.4) is 0 Å². The highest BCUT2D eigenvalue weighted by Crippen LogP contribution is 2.16. The van der Waals surface area contributed by atoms with Gasteiger partial charge in [-0.15, -0.1) is 0 Å². The van der Waals surface area contributed by atoms with E-state index in [0.29, 0.717) is 5.56 Å². The highest BCUT2D eigenvalue weighted by molar-refractivity contribution is 5.89. The third kappa shape index (κ3) is 4.02. The standard InChI is InChI=1S/C16H16F2N2O/c1-11-6-7-15(14(18)8-11)19-16(21)20(2)10-12-4-3-5-13(17)9-12/h3-9H,10H2,1-2H3,(H,19,21). The molecular weight excluding hydrogens is 274 g/mol.